The van der Waals surface area contributed by atoms with Gasteiger partial charge in [0.15, 0.2) is 6.29 Å². The Morgan fingerprint density at radius 2 is 1.93 bits per heavy atom. The van der Waals surface area contributed by atoms with E-state index in [0.717, 1.165) is 0 Å². The molecule has 5 heteroatoms. The first-order valence-corrected chi connectivity index (χ1v) is 3.81. The van der Waals surface area contributed by atoms with Gasteiger partial charge in [0.2, 0.25) is 0 Å². The normalized spacial score (nSPS) is 8.87. The van der Waals surface area contributed by atoms with E-state index in [-0.39, 0.29) is 30.6 Å². The van der Waals surface area contributed by atoms with Crippen molar-refractivity contribution in [1.29, 1.82) is 0 Å². The number of carbonyl (C=O) groups excluding carboxylic acids is 1. The van der Waals surface area contributed by atoms with Crippen LogP contribution in [0.5, 0.6) is 0 Å². The fourth-order valence-electron chi connectivity index (χ4n) is 1.24. The molecule has 15 heavy (non-hydrogen) atoms. The Labute approximate surface area is 98.3 Å². The second-order valence-corrected chi connectivity index (χ2v) is 2.68. The van der Waals surface area contributed by atoms with Gasteiger partial charge in [-0.05, 0) is 24.3 Å². The first-order valence-electron chi connectivity index (χ1n) is 3.81. The van der Waals surface area contributed by atoms with Crippen molar-refractivity contribution in [2.45, 2.75) is 0 Å². The molecular weight excluding hydrogens is 240 g/mol. The van der Waals surface area contributed by atoms with Gasteiger partial charge in [-0.2, -0.15) is 0 Å². The lowest BCUT2D eigenvalue weighted by atomic mass is 10.1. The summed E-state index contributed by atoms with van der Waals surface area (Å²) >= 11 is 0. The predicted octanol–water partition coefficient (Wildman–Crippen LogP) is 3.03. The highest BCUT2D eigenvalue weighted by molar-refractivity contribution is 5.95. The van der Waals surface area contributed by atoms with E-state index < -0.39 is 0 Å². The van der Waals surface area contributed by atoms with Gasteiger partial charge in [-0.1, -0.05) is 0 Å². The van der Waals surface area contributed by atoms with Gasteiger partial charge < -0.3 is 0 Å². The van der Waals surface area contributed by atoms with Gasteiger partial charge >= 0.3 is 0 Å². The lowest BCUT2D eigenvalue weighted by Crippen LogP contribution is -1.86. The topological polar surface area (TPSA) is 30.0 Å². The molecule has 2 aromatic rings. The molecule has 80 valence electrons. The van der Waals surface area contributed by atoms with Crippen LogP contribution in [0.15, 0.2) is 30.5 Å². The molecule has 1 heterocycles. The highest BCUT2D eigenvalue weighted by atomic mass is 35.5. The molecule has 2 nitrogen and oxygen atoms in total. The van der Waals surface area contributed by atoms with Crippen LogP contribution in [0.2, 0.25) is 0 Å². The molecule has 0 radical (unpaired) electrons. The molecule has 1 aromatic carbocycles. The molecule has 0 atom stereocenters. The summed E-state index contributed by atoms with van der Waals surface area (Å²) in [5.41, 5.74) is 1.09. The number of carbonyl (C=O) groups is 1. The summed E-state index contributed by atoms with van der Waals surface area (Å²) in [6.07, 6.45) is 2.23. The third-order valence-corrected chi connectivity index (χ3v) is 1.86. The molecule has 0 aliphatic heterocycles. The Balaban J connectivity index is 0.000000980. The summed E-state index contributed by atoms with van der Waals surface area (Å²) in [5.74, 6) is -0.358. The zero-order valence-corrected chi connectivity index (χ0v) is 9.15. The first kappa shape index (κ1) is 13.8. The van der Waals surface area contributed by atoms with E-state index >= 15 is 0 Å². The number of rotatable bonds is 1. The fraction of sp³-hybridized carbons (Fsp3) is 0. The van der Waals surface area contributed by atoms with Crippen LogP contribution >= 0.6 is 24.8 Å². The van der Waals surface area contributed by atoms with Gasteiger partial charge in [0.05, 0.1) is 5.52 Å². The maximum atomic E-state index is 12.8. The van der Waals surface area contributed by atoms with Crippen LogP contribution in [0, 0.1) is 5.82 Å². The van der Waals surface area contributed by atoms with Gasteiger partial charge in [-0.3, -0.25) is 9.78 Å². The molecule has 0 aliphatic rings. The minimum atomic E-state index is -0.358. The zero-order chi connectivity index (χ0) is 9.26. The predicted molar refractivity (Wildman–Crippen MR) is 61.6 cm³/mol. The van der Waals surface area contributed by atoms with Crippen LogP contribution in [0.3, 0.4) is 0 Å². The van der Waals surface area contributed by atoms with Crippen molar-refractivity contribution in [1.82, 2.24) is 4.98 Å². The number of halogens is 3. The smallest absolute Gasteiger partial charge is 0.150 e. The van der Waals surface area contributed by atoms with E-state index in [4.69, 9.17) is 0 Å². The van der Waals surface area contributed by atoms with E-state index in [1.807, 2.05) is 0 Å². The largest absolute Gasteiger partial charge is 0.298 e. The number of hydrogen-bond donors (Lipinski definition) is 0. The van der Waals surface area contributed by atoms with Gasteiger partial charge in [0, 0.05) is 17.1 Å². The molecule has 0 unspecified atom stereocenters. The number of hydrogen-bond acceptors (Lipinski definition) is 2. The third-order valence-electron chi connectivity index (χ3n) is 1.86. The number of aromatic nitrogens is 1. The SMILES string of the molecule is Cl.Cl.O=Cc1ccnc2ccc(F)cc12. The molecule has 0 saturated heterocycles. The standard InChI is InChI=1S/C10H6FNO.2ClH/c11-8-1-2-10-9(5-8)7(6-13)3-4-12-10;;/h1-6H;2*1H. The number of pyridine rings is 1. The van der Waals surface area contributed by atoms with Crippen LogP contribution in [-0.2, 0) is 0 Å². The Kier molecular flexibility index (Phi) is 5.19. The minimum Gasteiger partial charge on any atom is -0.298 e. The van der Waals surface area contributed by atoms with E-state index in [9.17, 15) is 9.18 Å². The average Bonchev–Trinajstić information content (AvgIpc) is 2.17. The molecule has 0 fully saturated rings. The molecule has 0 spiro atoms. The number of nitrogens with zero attached hydrogens (tertiary/aromatic N) is 1. The van der Waals surface area contributed by atoms with Crippen LogP contribution in [0.1, 0.15) is 10.4 Å². The number of fused-ring (bicyclic) bond motifs is 1. The lowest BCUT2D eigenvalue weighted by molar-refractivity contribution is 0.112. The molecule has 1 aromatic heterocycles. The van der Waals surface area contributed by atoms with E-state index in [0.29, 0.717) is 22.8 Å². The van der Waals surface area contributed by atoms with Crippen molar-refractivity contribution < 1.29 is 9.18 Å². The van der Waals surface area contributed by atoms with Crippen LogP contribution in [0.25, 0.3) is 10.9 Å². The van der Waals surface area contributed by atoms with Crippen LogP contribution in [-0.4, -0.2) is 11.3 Å². The van der Waals surface area contributed by atoms with E-state index in [1.54, 1.807) is 12.1 Å². The molecule has 0 bridgehead atoms. The lowest BCUT2D eigenvalue weighted by Gasteiger charge is -1.98. The third kappa shape index (κ3) is 2.64. The minimum absolute atomic E-state index is 0. The monoisotopic (exact) mass is 247 g/mol. The van der Waals surface area contributed by atoms with Gasteiger partial charge in [0.1, 0.15) is 5.82 Å². The molecule has 0 amide bonds. The first-order chi connectivity index (χ1) is 6.31. The van der Waals surface area contributed by atoms with Gasteiger partial charge in [-0.15, -0.1) is 24.8 Å². The summed E-state index contributed by atoms with van der Waals surface area (Å²) in [4.78, 5) is 14.6. The van der Waals surface area contributed by atoms with Crippen molar-refractivity contribution in [2.24, 2.45) is 0 Å². The maximum absolute atomic E-state index is 12.8. The summed E-state index contributed by atoms with van der Waals surface area (Å²) in [7, 11) is 0. The fourth-order valence-corrected chi connectivity index (χ4v) is 1.24. The second-order valence-electron chi connectivity index (χ2n) is 2.68. The van der Waals surface area contributed by atoms with Crippen molar-refractivity contribution >= 4 is 42.0 Å². The Bertz CT molecular complexity index is 476. The summed E-state index contributed by atoms with van der Waals surface area (Å²) < 4.78 is 12.8. The Hall–Kier alpha value is -1.19. The molecular formula is C10H8Cl2FNO. The number of benzene rings is 1. The van der Waals surface area contributed by atoms with Crippen LogP contribution < -0.4 is 0 Å². The van der Waals surface area contributed by atoms with Crippen LogP contribution in [0.4, 0.5) is 4.39 Å². The van der Waals surface area contributed by atoms with E-state index in [2.05, 4.69) is 4.98 Å². The van der Waals surface area contributed by atoms with Crippen molar-refractivity contribution in [3.05, 3.63) is 41.8 Å². The van der Waals surface area contributed by atoms with Crippen molar-refractivity contribution in [3.63, 3.8) is 0 Å². The molecule has 0 aliphatic carbocycles. The summed E-state index contributed by atoms with van der Waals surface area (Å²) in [5, 5.41) is 0.553. The quantitative estimate of drug-likeness (QED) is 0.726. The highest BCUT2D eigenvalue weighted by Gasteiger charge is 2.01. The summed E-state index contributed by atoms with van der Waals surface area (Å²) in [6.45, 7) is 0. The van der Waals surface area contributed by atoms with Gasteiger partial charge in [0.25, 0.3) is 0 Å². The summed E-state index contributed by atoms with van der Waals surface area (Å²) in [6, 6.07) is 5.75. The molecule has 0 N–H and O–H groups in total. The number of aldehydes is 1. The second kappa shape index (κ2) is 5.63. The van der Waals surface area contributed by atoms with Gasteiger partial charge in [-0.25, -0.2) is 4.39 Å². The highest BCUT2D eigenvalue weighted by Crippen LogP contribution is 2.15. The molecule has 2 rings (SSSR count). The maximum Gasteiger partial charge on any atom is 0.150 e. The van der Waals surface area contributed by atoms with Crippen molar-refractivity contribution in [3.8, 4) is 0 Å². The van der Waals surface area contributed by atoms with Crippen molar-refractivity contribution in [2.75, 3.05) is 0 Å². The molecule has 0 saturated carbocycles. The Morgan fingerprint density at radius 3 is 2.60 bits per heavy atom. The zero-order valence-electron chi connectivity index (χ0n) is 7.51. The average molecular weight is 248 g/mol. The van der Waals surface area contributed by atoms with E-state index in [1.165, 1.54) is 18.3 Å². The Morgan fingerprint density at radius 1 is 1.20 bits per heavy atom.